The van der Waals surface area contributed by atoms with Gasteiger partial charge in [0.1, 0.15) is 11.2 Å². The summed E-state index contributed by atoms with van der Waals surface area (Å²) in [6.07, 6.45) is 0. The Kier molecular flexibility index (Phi) is 6.34. The monoisotopic (exact) mass is 700 g/mol. The van der Waals surface area contributed by atoms with E-state index >= 15 is 0 Å². The molecule has 0 N–H and O–H groups in total. The van der Waals surface area contributed by atoms with E-state index in [4.69, 9.17) is 4.42 Å². The van der Waals surface area contributed by atoms with Crippen LogP contribution in [0.2, 0.25) is 0 Å². The SMILES string of the molecule is c1ccc(-c2ccc(-n3c4ccccc4c4cc(-c5ccc6c(c5)c5ccc7ccccc7c5n6-c5cccc6oc7ccccc7c56)ccc43)cc2)cc1. The molecule has 0 radical (unpaired) electrons. The van der Waals surface area contributed by atoms with Gasteiger partial charge < -0.3 is 13.6 Å². The minimum atomic E-state index is 0.894. The van der Waals surface area contributed by atoms with Crippen molar-refractivity contribution in [3.63, 3.8) is 0 Å². The van der Waals surface area contributed by atoms with Crippen LogP contribution in [0.3, 0.4) is 0 Å². The summed E-state index contributed by atoms with van der Waals surface area (Å²) in [5.74, 6) is 0. The molecule has 0 aliphatic carbocycles. The second-order valence-electron chi connectivity index (χ2n) is 14.5. The summed E-state index contributed by atoms with van der Waals surface area (Å²) in [5.41, 5.74) is 13.7. The molecule has 0 spiro atoms. The first-order valence-electron chi connectivity index (χ1n) is 18.8. The summed E-state index contributed by atoms with van der Waals surface area (Å²) in [6, 6.07) is 70.3. The van der Waals surface area contributed by atoms with Gasteiger partial charge in [-0.2, -0.15) is 0 Å². The van der Waals surface area contributed by atoms with Crippen molar-refractivity contribution < 1.29 is 4.42 Å². The first-order valence-corrected chi connectivity index (χ1v) is 18.8. The van der Waals surface area contributed by atoms with E-state index in [1.54, 1.807) is 0 Å². The molecule has 0 saturated carbocycles. The lowest BCUT2D eigenvalue weighted by molar-refractivity contribution is 0.669. The van der Waals surface area contributed by atoms with Crippen LogP contribution >= 0.6 is 0 Å². The Morgan fingerprint density at radius 3 is 1.75 bits per heavy atom. The quantitative estimate of drug-likeness (QED) is 0.179. The van der Waals surface area contributed by atoms with Gasteiger partial charge in [0.2, 0.25) is 0 Å². The molecule has 0 saturated heterocycles. The molecule has 0 atom stereocenters. The molecular formula is C52H32N2O. The van der Waals surface area contributed by atoms with Gasteiger partial charge in [-0.3, -0.25) is 0 Å². The van der Waals surface area contributed by atoms with Gasteiger partial charge in [-0.1, -0.05) is 133 Å². The van der Waals surface area contributed by atoms with E-state index in [1.165, 1.54) is 76.6 Å². The van der Waals surface area contributed by atoms with Gasteiger partial charge in [-0.05, 0) is 88.3 Å². The molecule has 9 aromatic carbocycles. The van der Waals surface area contributed by atoms with E-state index in [0.29, 0.717) is 0 Å². The minimum absolute atomic E-state index is 0.894. The Morgan fingerprint density at radius 1 is 0.327 bits per heavy atom. The molecule has 0 aliphatic heterocycles. The fourth-order valence-electron chi connectivity index (χ4n) is 9.02. The molecule has 0 amide bonds. The highest BCUT2D eigenvalue weighted by atomic mass is 16.3. The lowest BCUT2D eigenvalue weighted by Crippen LogP contribution is -1.95. The van der Waals surface area contributed by atoms with Crippen molar-refractivity contribution >= 4 is 76.3 Å². The highest BCUT2D eigenvalue weighted by Crippen LogP contribution is 2.43. The number of hydrogen-bond acceptors (Lipinski definition) is 1. The van der Waals surface area contributed by atoms with Gasteiger partial charge in [0.15, 0.2) is 0 Å². The second-order valence-corrected chi connectivity index (χ2v) is 14.5. The van der Waals surface area contributed by atoms with E-state index in [1.807, 2.05) is 6.07 Å². The Bertz CT molecular complexity index is 3470. The van der Waals surface area contributed by atoms with E-state index in [0.717, 1.165) is 33.3 Å². The maximum Gasteiger partial charge on any atom is 0.137 e. The highest BCUT2D eigenvalue weighted by Gasteiger charge is 2.20. The van der Waals surface area contributed by atoms with Crippen LogP contribution in [0.4, 0.5) is 0 Å². The van der Waals surface area contributed by atoms with Crippen LogP contribution in [0.25, 0.3) is 110 Å². The maximum atomic E-state index is 6.38. The van der Waals surface area contributed by atoms with E-state index in [2.05, 4.69) is 197 Å². The van der Waals surface area contributed by atoms with Crippen LogP contribution in [-0.2, 0) is 0 Å². The van der Waals surface area contributed by atoms with E-state index < -0.39 is 0 Å². The van der Waals surface area contributed by atoms with Crippen LogP contribution in [0.15, 0.2) is 199 Å². The van der Waals surface area contributed by atoms with Gasteiger partial charge in [-0.25, -0.2) is 0 Å². The van der Waals surface area contributed by atoms with Gasteiger partial charge in [0, 0.05) is 38.0 Å². The van der Waals surface area contributed by atoms with Crippen molar-refractivity contribution in [3.05, 3.63) is 194 Å². The van der Waals surface area contributed by atoms with Crippen molar-refractivity contribution in [3.8, 4) is 33.6 Å². The summed E-state index contributed by atoms with van der Waals surface area (Å²) < 4.78 is 11.2. The van der Waals surface area contributed by atoms with Gasteiger partial charge in [0.25, 0.3) is 0 Å². The lowest BCUT2D eigenvalue weighted by Gasteiger charge is -2.12. The molecule has 3 nitrogen and oxygen atoms in total. The number of para-hydroxylation sites is 2. The third-order valence-electron chi connectivity index (χ3n) is 11.5. The van der Waals surface area contributed by atoms with Crippen LogP contribution in [0.5, 0.6) is 0 Å². The molecule has 0 bridgehead atoms. The summed E-state index contributed by atoms with van der Waals surface area (Å²) in [5, 5.41) is 9.66. The van der Waals surface area contributed by atoms with Gasteiger partial charge >= 0.3 is 0 Å². The first-order chi connectivity index (χ1) is 27.3. The Labute approximate surface area is 316 Å². The smallest absolute Gasteiger partial charge is 0.137 e. The second kappa shape index (κ2) is 11.6. The minimum Gasteiger partial charge on any atom is -0.456 e. The largest absolute Gasteiger partial charge is 0.456 e. The summed E-state index contributed by atoms with van der Waals surface area (Å²) in [4.78, 5) is 0. The van der Waals surface area contributed by atoms with Gasteiger partial charge in [-0.15, -0.1) is 0 Å². The van der Waals surface area contributed by atoms with Crippen molar-refractivity contribution in [2.75, 3.05) is 0 Å². The zero-order valence-corrected chi connectivity index (χ0v) is 29.8. The fourth-order valence-corrected chi connectivity index (χ4v) is 9.02. The number of fused-ring (bicyclic) bond motifs is 11. The van der Waals surface area contributed by atoms with Gasteiger partial charge in [0.05, 0.1) is 33.1 Å². The summed E-state index contributed by atoms with van der Waals surface area (Å²) in [7, 11) is 0. The van der Waals surface area contributed by atoms with E-state index in [-0.39, 0.29) is 0 Å². The van der Waals surface area contributed by atoms with Crippen LogP contribution in [0, 0.1) is 0 Å². The predicted molar refractivity (Wildman–Crippen MR) is 231 cm³/mol. The molecule has 3 heteroatoms. The average Bonchev–Trinajstić information content (AvgIpc) is 3.91. The summed E-state index contributed by atoms with van der Waals surface area (Å²) >= 11 is 0. The molecule has 0 unspecified atom stereocenters. The molecule has 0 aliphatic rings. The van der Waals surface area contributed by atoms with Crippen molar-refractivity contribution in [1.82, 2.24) is 9.13 Å². The molecule has 0 fully saturated rings. The van der Waals surface area contributed by atoms with Crippen molar-refractivity contribution in [2.45, 2.75) is 0 Å². The predicted octanol–water partition coefficient (Wildman–Crippen LogP) is 14.3. The third-order valence-corrected chi connectivity index (χ3v) is 11.5. The zero-order valence-electron chi connectivity index (χ0n) is 29.8. The number of hydrogen-bond donors (Lipinski definition) is 0. The molecular weight excluding hydrogens is 669 g/mol. The number of nitrogens with zero attached hydrogens (tertiary/aromatic N) is 2. The molecule has 12 rings (SSSR count). The van der Waals surface area contributed by atoms with Crippen molar-refractivity contribution in [2.24, 2.45) is 0 Å². The van der Waals surface area contributed by atoms with Crippen LogP contribution in [0.1, 0.15) is 0 Å². The summed E-state index contributed by atoms with van der Waals surface area (Å²) in [6.45, 7) is 0. The molecule has 3 aromatic heterocycles. The first kappa shape index (κ1) is 30.1. The Hall–Kier alpha value is -7.36. The fraction of sp³-hybridized carbons (Fsp3) is 0. The highest BCUT2D eigenvalue weighted by molar-refractivity contribution is 6.21. The number of rotatable bonds is 4. The third kappa shape index (κ3) is 4.44. The molecule has 12 aromatic rings. The normalized spacial score (nSPS) is 12.0. The molecule has 256 valence electrons. The average molecular weight is 701 g/mol. The Balaban J connectivity index is 1.07. The number of aromatic nitrogens is 2. The maximum absolute atomic E-state index is 6.38. The standard InChI is InChI=1S/C52H32N2O/c1-2-11-33(12-3-1)34-21-26-38(27-22-34)53-45-17-8-6-15-40(45)43-31-36(24-29-46(43)53)37-25-30-47-44(32-37)41-28-23-35-13-4-5-14-39(35)52(41)54(47)48-18-10-20-50-51(48)42-16-7-9-19-49(42)55-50/h1-32H. The Morgan fingerprint density at radius 2 is 0.927 bits per heavy atom. The number of benzene rings is 9. The lowest BCUT2D eigenvalue weighted by atomic mass is 10.00. The van der Waals surface area contributed by atoms with E-state index in [9.17, 15) is 0 Å². The molecule has 3 heterocycles. The zero-order chi connectivity index (χ0) is 36.0. The molecule has 55 heavy (non-hydrogen) atoms. The van der Waals surface area contributed by atoms with Crippen LogP contribution < -0.4 is 0 Å². The van der Waals surface area contributed by atoms with Crippen LogP contribution in [-0.4, -0.2) is 9.13 Å². The topological polar surface area (TPSA) is 23.0 Å². The van der Waals surface area contributed by atoms with Crippen molar-refractivity contribution in [1.29, 1.82) is 0 Å². The number of furan rings is 1.